The summed E-state index contributed by atoms with van der Waals surface area (Å²) < 4.78 is 13.1. The zero-order valence-electron chi connectivity index (χ0n) is 16.2. The SMILES string of the molecule is CCCCCCCCc1cn(C[C@H]2O[C@H](OCCCC)C=CC2=O)nn1. The number of ether oxygens (including phenoxy) is 2. The lowest BCUT2D eigenvalue weighted by Gasteiger charge is -2.24. The number of hydrogen-bond donors (Lipinski definition) is 0. The van der Waals surface area contributed by atoms with Crippen LogP contribution in [0.2, 0.25) is 0 Å². The van der Waals surface area contributed by atoms with Crippen LogP contribution in [-0.4, -0.2) is 39.8 Å². The van der Waals surface area contributed by atoms with Gasteiger partial charge in [-0.25, -0.2) is 4.68 Å². The first kappa shape index (κ1) is 20.8. The third kappa shape index (κ3) is 7.38. The molecule has 0 amide bonds. The zero-order chi connectivity index (χ0) is 18.6. The zero-order valence-corrected chi connectivity index (χ0v) is 16.2. The maximum atomic E-state index is 12.0. The fourth-order valence-corrected chi connectivity index (χ4v) is 2.93. The molecule has 0 fully saturated rings. The number of aryl methyl sites for hydroxylation is 1. The van der Waals surface area contributed by atoms with E-state index in [-0.39, 0.29) is 5.78 Å². The number of unbranched alkanes of at least 4 members (excludes halogenated alkanes) is 6. The van der Waals surface area contributed by atoms with Crippen molar-refractivity contribution in [1.29, 1.82) is 0 Å². The first-order valence-corrected chi connectivity index (χ1v) is 10.1. The molecule has 0 radical (unpaired) electrons. The van der Waals surface area contributed by atoms with Crippen molar-refractivity contribution in [2.45, 2.75) is 90.6 Å². The van der Waals surface area contributed by atoms with Gasteiger partial charge < -0.3 is 9.47 Å². The summed E-state index contributed by atoms with van der Waals surface area (Å²) >= 11 is 0. The number of rotatable bonds is 13. The molecule has 2 heterocycles. The number of ketones is 1. The Balaban J connectivity index is 1.73. The monoisotopic (exact) mass is 363 g/mol. The first-order chi connectivity index (χ1) is 12.7. The second-order valence-electron chi connectivity index (χ2n) is 6.93. The van der Waals surface area contributed by atoms with Crippen molar-refractivity contribution in [2.75, 3.05) is 6.61 Å². The average molecular weight is 364 g/mol. The van der Waals surface area contributed by atoms with E-state index in [1.807, 2.05) is 6.20 Å². The summed E-state index contributed by atoms with van der Waals surface area (Å²) in [4.78, 5) is 12.0. The third-order valence-corrected chi connectivity index (χ3v) is 4.54. The van der Waals surface area contributed by atoms with E-state index in [0.29, 0.717) is 13.2 Å². The Labute approximate surface area is 156 Å². The Morgan fingerprint density at radius 1 is 1.12 bits per heavy atom. The van der Waals surface area contributed by atoms with Gasteiger partial charge >= 0.3 is 0 Å². The summed E-state index contributed by atoms with van der Waals surface area (Å²) in [7, 11) is 0. The van der Waals surface area contributed by atoms with Gasteiger partial charge in [0, 0.05) is 6.20 Å². The largest absolute Gasteiger partial charge is 0.349 e. The molecule has 0 aliphatic carbocycles. The highest BCUT2D eigenvalue weighted by atomic mass is 16.7. The van der Waals surface area contributed by atoms with E-state index < -0.39 is 12.4 Å². The number of aromatic nitrogens is 3. The minimum Gasteiger partial charge on any atom is -0.349 e. The van der Waals surface area contributed by atoms with Gasteiger partial charge in [0.2, 0.25) is 0 Å². The van der Waals surface area contributed by atoms with Crippen LogP contribution in [0, 0.1) is 0 Å². The lowest BCUT2D eigenvalue weighted by molar-refractivity contribution is -0.165. The van der Waals surface area contributed by atoms with E-state index >= 15 is 0 Å². The topological polar surface area (TPSA) is 66.2 Å². The van der Waals surface area contributed by atoms with Crippen LogP contribution in [0.5, 0.6) is 0 Å². The summed E-state index contributed by atoms with van der Waals surface area (Å²) in [6.07, 6.45) is 14.7. The molecule has 1 aromatic rings. The summed E-state index contributed by atoms with van der Waals surface area (Å²) in [6, 6.07) is 0. The standard InChI is InChI=1S/C20H33N3O3/c1-3-5-7-8-9-10-11-17-15-23(22-21-17)16-19-18(24)12-13-20(26-19)25-14-6-4-2/h12-13,15,19-20H,3-11,14,16H2,1-2H3/t19-,20+/m1/s1. The van der Waals surface area contributed by atoms with E-state index in [1.165, 1.54) is 32.1 Å². The van der Waals surface area contributed by atoms with Gasteiger partial charge in [-0.2, -0.15) is 0 Å². The number of carbonyl (C=O) groups excluding carboxylic acids is 1. The Morgan fingerprint density at radius 2 is 1.88 bits per heavy atom. The molecule has 1 aliphatic heterocycles. The Morgan fingerprint density at radius 3 is 2.69 bits per heavy atom. The Kier molecular flexibility index (Phi) is 9.56. The molecule has 0 aromatic carbocycles. The molecule has 0 unspecified atom stereocenters. The number of nitrogens with zero attached hydrogens (tertiary/aromatic N) is 3. The fourth-order valence-electron chi connectivity index (χ4n) is 2.93. The molecular formula is C20H33N3O3. The fraction of sp³-hybridized carbons (Fsp3) is 0.750. The molecule has 1 aliphatic rings. The maximum absolute atomic E-state index is 12.0. The second-order valence-corrected chi connectivity index (χ2v) is 6.93. The minimum absolute atomic E-state index is 0.0479. The van der Waals surface area contributed by atoms with Crippen LogP contribution in [0.25, 0.3) is 0 Å². The van der Waals surface area contributed by atoms with Gasteiger partial charge in [0.15, 0.2) is 12.1 Å². The molecule has 0 bridgehead atoms. The molecule has 26 heavy (non-hydrogen) atoms. The van der Waals surface area contributed by atoms with E-state index in [0.717, 1.165) is 31.4 Å². The highest BCUT2D eigenvalue weighted by Gasteiger charge is 2.26. The molecule has 0 saturated carbocycles. The van der Waals surface area contributed by atoms with Crippen molar-refractivity contribution in [2.24, 2.45) is 0 Å². The smallest absolute Gasteiger partial charge is 0.186 e. The summed E-state index contributed by atoms with van der Waals surface area (Å²) in [6.45, 7) is 5.35. The van der Waals surface area contributed by atoms with Gasteiger partial charge in [-0.05, 0) is 31.4 Å². The van der Waals surface area contributed by atoms with Crippen molar-refractivity contribution in [3.8, 4) is 0 Å². The van der Waals surface area contributed by atoms with Crippen molar-refractivity contribution >= 4 is 5.78 Å². The lowest BCUT2D eigenvalue weighted by atomic mass is 10.1. The van der Waals surface area contributed by atoms with E-state index in [2.05, 4.69) is 24.2 Å². The molecular weight excluding hydrogens is 330 g/mol. The normalized spacial score (nSPS) is 20.0. The highest BCUT2D eigenvalue weighted by Crippen LogP contribution is 2.14. The average Bonchev–Trinajstić information content (AvgIpc) is 3.08. The molecule has 0 N–H and O–H groups in total. The highest BCUT2D eigenvalue weighted by molar-refractivity contribution is 5.94. The number of hydrogen-bond acceptors (Lipinski definition) is 5. The van der Waals surface area contributed by atoms with Crippen molar-refractivity contribution < 1.29 is 14.3 Å². The Bertz CT molecular complexity index is 556. The quantitative estimate of drug-likeness (QED) is 0.498. The molecule has 0 saturated heterocycles. The van der Waals surface area contributed by atoms with Crippen LogP contribution in [-0.2, 0) is 27.2 Å². The molecule has 2 atom stereocenters. The predicted octanol–water partition coefficient (Wildman–Crippen LogP) is 3.85. The Hall–Kier alpha value is -1.53. The lowest BCUT2D eigenvalue weighted by Crippen LogP contribution is -2.36. The number of carbonyl (C=O) groups is 1. The van der Waals surface area contributed by atoms with Crippen LogP contribution < -0.4 is 0 Å². The first-order valence-electron chi connectivity index (χ1n) is 10.1. The van der Waals surface area contributed by atoms with Crippen LogP contribution in [0.4, 0.5) is 0 Å². The van der Waals surface area contributed by atoms with Gasteiger partial charge in [-0.1, -0.05) is 57.6 Å². The van der Waals surface area contributed by atoms with E-state index in [1.54, 1.807) is 16.8 Å². The summed E-state index contributed by atoms with van der Waals surface area (Å²) in [5.41, 5.74) is 0.982. The molecule has 6 heteroatoms. The van der Waals surface area contributed by atoms with Crippen LogP contribution in [0.3, 0.4) is 0 Å². The minimum atomic E-state index is -0.560. The summed E-state index contributed by atoms with van der Waals surface area (Å²) in [5, 5.41) is 8.36. The second kappa shape index (κ2) is 12.0. The van der Waals surface area contributed by atoms with Gasteiger partial charge in [-0.15, -0.1) is 5.10 Å². The van der Waals surface area contributed by atoms with Crippen molar-refractivity contribution in [3.63, 3.8) is 0 Å². The van der Waals surface area contributed by atoms with Crippen LogP contribution >= 0.6 is 0 Å². The van der Waals surface area contributed by atoms with Gasteiger partial charge in [-0.3, -0.25) is 4.79 Å². The molecule has 2 rings (SSSR count). The maximum Gasteiger partial charge on any atom is 0.186 e. The van der Waals surface area contributed by atoms with E-state index in [4.69, 9.17) is 9.47 Å². The van der Waals surface area contributed by atoms with Crippen molar-refractivity contribution in [3.05, 3.63) is 24.0 Å². The van der Waals surface area contributed by atoms with Crippen molar-refractivity contribution in [1.82, 2.24) is 15.0 Å². The summed E-state index contributed by atoms with van der Waals surface area (Å²) in [5.74, 6) is -0.0479. The van der Waals surface area contributed by atoms with E-state index in [9.17, 15) is 4.79 Å². The predicted molar refractivity (Wildman–Crippen MR) is 101 cm³/mol. The molecule has 6 nitrogen and oxygen atoms in total. The van der Waals surface area contributed by atoms with Gasteiger partial charge in [0.05, 0.1) is 18.8 Å². The van der Waals surface area contributed by atoms with Crippen LogP contribution in [0.1, 0.15) is 70.9 Å². The van der Waals surface area contributed by atoms with Crippen LogP contribution in [0.15, 0.2) is 18.3 Å². The molecule has 146 valence electrons. The molecule has 0 spiro atoms. The molecule has 1 aromatic heterocycles. The van der Waals surface area contributed by atoms with Gasteiger partial charge in [0.1, 0.15) is 6.10 Å². The van der Waals surface area contributed by atoms with Gasteiger partial charge in [0.25, 0.3) is 0 Å². The third-order valence-electron chi connectivity index (χ3n) is 4.54.